The van der Waals surface area contributed by atoms with E-state index in [1.165, 1.54) is 0 Å². The lowest BCUT2D eigenvalue weighted by Crippen LogP contribution is -2.24. The highest BCUT2D eigenvalue weighted by Crippen LogP contribution is 2.30. The van der Waals surface area contributed by atoms with Crippen LogP contribution >= 0.6 is 11.8 Å². The van der Waals surface area contributed by atoms with Gasteiger partial charge in [-0.2, -0.15) is 0 Å². The van der Waals surface area contributed by atoms with Crippen molar-refractivity contribution < 1.29 is 4.79 Å². The average Bonchev–Trinajstić information content (AvgIpc) is 2.47. The van der Waals surface area contributed by atoms with Gasteiger partial charge in [0.2, 0.25) is 5.91 Å². The van der Waals surface area contributed by atoms with Gasteiger partial charge in [-0.05, 0) is 36.1 Å². The van der Waals surface area contributed by atoms with Crippen LogP contribution in [-0.4, -0.2) is 11.2 Å². The van der Waals surface area contributed by atoms with Crippen LogP contribution in [0.25, 0.3) is 0 Å². The standard InChI is InChI=1S/C19H23NOS/c1-14(22-15-10-6-5-7-11-15)18(21)20-17-13-9-8-12-16(17)19(2,3)4/h5-14H,1-4H3,(H,20,21). The molecule has 116 valence electrons. The molecule has 0 heterocycles. The van der Waals surface area contributed by atoms with Gasteiger partial charge in [-0.25, -0.2) is 0 Å². The molecule has 0 fully saturated rings. The summed E-state index contributed by atoms with van der Waals surface area (Å²) in [7, 11) is 0. The minimum Gasteiger partial charge on any atom is -0.325 e. The van der Waals surface area contributed by atoms with Gasteiger partial charge in [0, 0.05) is 10.6 Å². The first kappa shape index (κ1) is 16.6. The molecule has 2 nitrogen and oxygen atoms in total. The summed E-state index contributed by atoms with van der Waals surface area (Å²) in [6, 6.07) is 18.0. The number of thioether (sulfide) groups is 1. The smallest absolute Gasteiger partial charge is 0.237 e. The van der Waals surface area contributed by atoms with Crippen molar-refractivity contribution in [3.05, 3.63) is 60.2 Å². The Morgan fingerprint density at radius 1 is 1.00 bits per heavy atom. The molecule has 0 aromatic heterocycles. The zero-order chi connectivity index (χ0) is 16.2. The molecule has 2 aromatic carbocycles. The quantitative estimate of drug-likeness (QED) is 0.795. The average molecular weight is 313 g/mol. The second-order valence-electron chi connectivity index (χ2n) is 6.36. The number of benzene rings is 2. The van der Waals surface area contributed by atoms with Gasteiger partial charge in [-0.1, -0.05) is 57.2 Å². The van der Waals surface area contributed by atoms with Crippen LogP contribution in [0.3, 0.4) is 0 Å². The number of anilines is 1. The number of hydrogen-bond acceptors (Lipinski definition) is 2. The molecule has 1 amide bonds. The molecule has 22 heavy (non-hydrogen) atoms. The third kappa shape index (κ3) is 4.38. The van der Waals surface area contributed by atoms with Crippen LogP contribution in [0.15, 0.2) is 59.5 Å². The Hall–Kier alpha value is -1.74. The van der Waals surface area contributed by atoms with E-state index in [0.717, 1.165) is 16.1 Å². The molecular weight excluding hydrogens is 290 g/mol. The lowest BCUT2D eigenvalue weighted by molar-refractivity contribution is -0.115. The largest absolute Gasteiger partial charge is 0.325 e. The van der Waals surface area contributed by atoms with Crippen LogP contribution < -0.4 is 5.32 Å². The van der Waals surface area contributed by atoms with E-state index in [1.807, 2.05) is 55.5 Å². The van der Waals surface area contributed by atoms with E-state index in [1.54, 1.807) is 11.8 Å². The van der Waals surface area contributed by atoms with Gasteiger partial charge in [-0.3, -0.25) is 4.79 Å². The van der Waals surface area contributed by atoms with Gasteiger partial charge in [-0.15, -0.1) is 11.8 Å². The Morgan fingerprint density at radius 2 is 1.59 bits per heavy atom. The van der Waals surface area contributed by atoms with Crippen LogP contribution in [-0.2, 0) is 10.2 Å². The van der Waals surface area contributed by atoms with Gasteiger partial charge in [0.15, 0.2) is 0 Å². The zero-order valence-corrected chi connectivity index (χ0v) is 14.4. The SMILES string of the molecule is CC(Sc1ccccc1)C(=O)Nc1ccccc1C(C)(C)C. The monoisotopic (exact) mass is 313 g/mol. The molecule has 0 saturated carbocycles. The van der Waals surface area contributed by atoms with Gasteiger partial charge in [0.05, 0.1) is 5.25 Å². The van der Waals surface area contributed by atoms with Crippen molar-refractivity contribution in [1.82, 2.24) is 0 Å². The van der Waals surface area contributed by atoms with Crippen molar-refractivity contribution in [3.8, 4) is 0 Å². The fourth-order valence-electron chi connectivity index (χ4n) is 2.24. The molecule has 0 aliphatic rings. The first-order valence-electron chi connectivity index (χ1n) is 7.50. The molecule has 0 aliphatic heterocycles. The predicted octanol–water partition coefficient (Wildman–Crippen LogP) is 5.10. The number of rotatable bonds is 4. The Morgan fingerprint density at radius 3 is 2.23 bits per heavy atom. The van der Waals surface area contributed by atoms with Crippen molar-refractivity contribution in [3.63, 3.8) is 0 Å². The molecule has 1 N–H and O–H groups in total. The maximum absolute atomic E-state index is 12.5. The third-order valence-electron chi connectivity index (χ3n) is 3.42. The van der Waals surface area contributed by atoms with Gasteiger partial charge >= 0.3 is 0 Å². The molecule has 0 aliphatic carbocycles. The van der Waals surface area contributed by atoms with Crippen molar-refractivity contribution >= 4 is 23.4 Å². The summed E-state index contributed by atoms with van der Waals surface area (Å²) in [5, 5.41) is 2.93. The number of para-hydroxylation sites is 1. The normalized spacial score (nSPS) is 12.7. The highest BCUT2D eigenvalue weighted by atomic mass is 32.2. The summed E-state index contributed by atoms with van der Waals surface area (Å²) in [5.74, 6) is 0.0329. The molecule has 0 spiro atoms. The lowest BCUT2D eigenvalue weighted by Gasteiger charge is -2.23. The first-order valence-corrected chi connectivity index (χ1v) is 8.38. The zero-order valence-electron chi connectivity index (χ0n) is 13.6. The van der Waals surface area contributed by atoms with Crippen LogP contribution in [0.1, 0.15) is 33.3 Å². The maximum atomic E-state index is 12.5. The number of carbonyl (C=O) groups is 1. The summed E-state index contributed by atoms with van der Waals surface area (Å²) >= 11 is 1.57. The highest BCUT2D eigenvalue weighted by Gasteiger charge is 2.20. The van der Waals surface area contributed by atoms with Crippen molar-refractivity contribution in [2.24, 2.45) is 0 Å². The molecule has 0 radical (unpaired) electrons. The fourth-order valence-corrected chi connectivity index (χ4v) is 3.13. The topological polar surface area (TPSA) is 29.1 Å². The molecule has 2 aromatic rings. The maximum Gasteiger partial charge on any atom is 0.237 e. The molecule has 2 rings (SSSR count). The van der Waals surface area contributed by atoms with E-state index >= 15 is 0 Å². The van der Waals surface area contributed by atoms with Gasteiger partial charge in [0.1, 0.15) is 0 Å². The van der Waals surface area contributed by atoms with Crippen LogP contribution in [0.4, 0.5) is 5.69 Å². The molecule has 3 heteroatoms. The summed E-state index contributed by atoms with van der Waals surface area (Å²) in [6.45, 7) is 8.40. The van der Waals surface area contributed by atoms with Crippen LogP contribution in [0, 0.1) is 0 Å². The minimum absolute atomic E-state index is 0.000313. The van der Waals surface area contributed by atoms with Crippen molar-refractivity contribution in [1.29, 1.82) is 0 Å². The highest BCUT2D eigenvalue weighted by molar-refractivity contribution is 8.00. The number of hydrogen-bond donors (Lipinski definition) is 1. The van der Waals surface area contributed by atoms with Crippen LogP contribution in [0.2, 0.25) is 0 Å². The number of carbonyl (C=O) groups excluding carboxylic acids is 1. The predicted molar refractivity (Wildman–Crippen MR) is 95.5 cm³/mol. The summed E-state index contributed by atoms with van der Waals surface area (Å²) in [4.78, 5) is 13.6. The van der Waals surface area contributed by atoms with E-state index in [0.29, 0.717) is 0 Å². The minimum atomic E-state index is -0.143. The molecule has 1 atom stereocenters. The Bertz CT molecular complexity index is 631. The van der Waals surface area contributed by atoms with E-state index in [2.05, 4.69) is 32.2 Å². The Labute approximate surface area is 137 Å². The summed E-state index contributed by atoms with van der Waals surface area (Å²) in [5.41, 5.74) is 2.06. The van der Waals surface area contributed by atoms with Crippen molar-refractivity contribution in [2.75, 3.05) is 5.32 Å². The number of nitrogens with one attached hydrogen (secondary N) is 1. The first-order chi connectivity index (χ1) is 10.4. The van der Waals surface area contributed by atoms with Gasteiger partial charge in [0.25, 0.3) is 0 Å². The number of amides is 1. The van der Waals surface area contributed by atoms with Crippen LogP contribution in [0.5, 0.6) is 0 Å². The van der Waals surface area contributed by atoms with E-state index < -0.39 is 0 Å². The third-order valence-corrected chi connectivity index (χ3v) is 4.53. The molecule has 1 unspecified atom stereocenters. The lowest BCUT2D eigenvalue weighted by atomic mass is 9.86. The van der Waals surface area contributed by atoms with E-state index in [9.17, 15) is 4.79 Å². The second kappa shape index (κ2) is 7.01. The summed E-state index contributed by atoms with van der Waals surface area (Å²) in [6.07, 6.45) is 0. The van der Waals surface area contributed by atoms with E-state index in [4.69, 9.17) is 0 Å². The Balaban J connectivity index is 2.09. The Kier molecular flexibility index (Phi) is 5.30. The summed E-state index contributed by atoms with van der Waals surface area (Å²) < 4.78 is 0. The molecule has 0 saturated heterocycles. The second-order valence-corrected chi connectivity index (χ2v) is 7.77. The molecular formula is C19H23NOS. The van der Waals surface area contributed by atoms with Crippen molar-refractivity contribution in [2.45, 2.75) is 43.3 Å². The molecule has 0 bridgehead atoms. The van der Waals surface area contributed by atoms with E-state index in [-0.39, 0.29) is 16.6 Å². The van der Waals surface area contributed by atoms with Gasteiger partial charge < -0.3 is 5.32 Å². The fraction of sp³-hybridized carbons (Fsp3) is 0.316.